The molecule has 0 bridgehead atoms. The zero-order valence-corrected chi connectivity index (χ0v) is 18.2. The number of methoxy groups -OCH3 is 1. The number of rotatable bonds is 9. The highest BCUT2D eigenvalue weighted by Crippen LogP contribution is 2.48. The molecule has 1 fully saturated rings. The standard InChI is InChI=1S/C24H33ClO3/c1-17-15-21(25)20(9-7-5-6-8-10-22(27)28-4)23(17)18-11-13-19(14-12-18)24(2,3)16-26/h5,7,11-14,16-17,20-21,23H,6,8-10,15H2,1-4H3/b7-5-/t17-,20+,21-,23?/m1/s1. The van der Waals surface area contributed by atoms with Crippen LogP contribution in [-0.2, 0) is 19.7 Å². The number of esters is 1. The monoisotopic (exact) mass is 404 g/mol. The average Bonchev–Trinajstić information content (AvgIpc) is 2.97. The number of halogens is 1. The summed E-state index contributed by atoms with van der Waals surface area (Å²) in [6, 6.07) is 8.50. The van der Waals surface area contributed by atoms with Crippen LogP contribution in [0.1, 0.15) is 69.9 Å². The maximum absolute atomic E-state index is 11.3. The third-order valence-electron chi connectivity index (χ3n) is 6.02. The number of unbranched alkanes of at least 4 members (excludes halogenated alkanes) is 1. The third kappa shape index (κ3) is 5.70. The first-order valence-electron chi connectivity index (χ1n) is 10.2. The van der Waals surface area contributed by atoms with Gasteiger partial charge in [-0.15, -0.1) is 11.6 Å². The van der Waals surface area contributed by atoms with Crippen LogP contribution in [0.5, 0.6) is 0 Å². The first-order chi connectivity index (χ1) is 13.3. The third-order valence-corrected chi connectivity index (χ3v) is 6.53. The molecular weight excluding hydrogens is 372 g/mol. The average molecular weight is 405 g/mol. The van der Waals surface area contributed by atoms with Gasteiger partial charge in [0.2, 0.25) is 0 Å². The number of hydrogen-bond acceptors (Lipinski definition) is 3. The molecule has 0 spiro atoms. The molecule has 4 atom stereocenters. The minimum absolute atomic E-state index is 0.153. The van der Waals surface area contributed by atoms with E-state index in [1.165, 1.54) is 12.7 Å². The van der Waals surface area contributed by atoms with Gasteiger partial charge in [0, 0.05) is 17.2 Å². The fourth-order valence-electron chi connectivity index (χ4n) is 4.23. The Hall–Kier alpha value is -1.61. The molecule has 1 saturated carbocycles. The Bertz CT molecular complexity index is 678. The van der Waals surface area contributed by atoms with Crippen LogP contribution in [0.15, 0.2) is 36.4 Å². The molecule has 3 nitrogen and oxygen atoms in total. The predicted octanol–water partition coefficient (Wildman–Crippen LogP) is 5.80. The van der Waals surface area contributed by atoms with Gasteiger partial charge < -0.3 is 9.53 Å². The van der Waals surface area contributed by atoms with Crippen LogP contribution < -0.4 is 0 Å². The van der Waals surface area contributed by atoms with Gasteiger partial charge in [-0.05, 0) is 68.4 Å². The van der Waals surface area contributed by atoms with Crippen LogP contribution >= 0.6 is 11.6 Å². The van der Waals surface area contributed by atoms with E-state index in [9.17, 15) is 9.59 Å². The molecule has 0 saturated heterocycles. The lowest BCUT2D eigenvalue weighted by molar-refractivity contribution is -0.140. The van der Waals surface area contributed by atoms with E-state index >= 15 is 0 Å². The van der Waals surface area contributed by atoms with Crippen LogP contribution in [0.2, 0.25) is 0 Å². The van der Waals surface area contributed by atoms with Crippen LogP contribution in [-0.4, -0.2) is 24.7 Å². The van der Waals surface area contributed by atoms with Gasteiger partial charge in [-0.25, -0.2) is 0 Å². The van der Waals surface area contributed by atoms with Gasteiger partial charge in [-0.3, -0.25) is 4.79 Å². The Balaban J connectivity index is 2.01. The highest BCUT2D eigenvalue weighted by atomic mass is 35.5. The van der Waals surface area contributed by atoms with Gasteiger partial charge in [-0.2, -0.15) is 0 Å². The minimum Gasteiger partial charge on any atom is -0.469 e. The van der Waals surface area contributed by atoms with Crippen LogP contribution in [0.3, 0.4) is 0 Å². The van der Waals surface area contributed by atoms with E-state index in [1.807, 2.05) is 13.8 Å². The molecule has 0 aliphatic heterocycles. The van der Waals surface area contributed by atoms with Crippen molar-refractivity contribution in [1.29, 1.82) is 0 Å². The van der Waals surface area contributed by atoms with Gasteiger partial charge in [0.15, 0.2) is 0 Å². The topological polar surface area (TPSA) is 43.4 Å². The molecule has 0 amide bonds. The maximum atomic E-state index is 11.3. The number of aldehydes is 1. The smallest absolute Gasteiger partial charge is 0.305 e. The molecule has 0 heterocycles. The summed E-state index contributed by atoms with van der Waals surface area (Å²) in [6.07, 6.45) is 9.50. The van der Waals surface area contributed by atoms with Crippen molar-refractivity contribution < 1.29 is 14.3 Å². The summed E-state index contributed by atoms with van der Waals surface area (Å²) in [4.78, 5) is 22.5. The molecule has 0 radical (unpaired) electrons. The van der Waals surface area contributed by atoms with Crippen molar-refractivity contribution in [3.8, 4) is 0 Å². The summed E-state index contributed by atoms with van der Waals surface area (Å²) in [5.41, 5.74) is 1.90. The van der Waals surface area contributed by atoms with E-state index in [0.29, 0.717) is 24.2 Å². The number of ether oxygens (including phenoxy) is 1. The number of allylic oxidation sites excluding steroid dienone is 2. The summed E-state index contributed by atoms with van der Waals surface area (Å²) in [7, 11) is 1.42. The highest BCUT2D eigenvalue weighted by Gasteiger charge is 2.40. The van der Waals surface area contributed by atoms with Gasteiger partial charge in [0.1, 0.15) is 6.29 Å². The second kappa shape index (κ2) is 10.2. The van der Waals surface area contributed by atoms with Gasteiger partial charge in [0.25, 0.3) is 0 Å². The van der Waals surface area contributed by atoms with E-state index in [1.54, 1.807) is 0 Å². The number of alkyl halides is 1. The lowest BCUT2D eigenvalue weighted by Gasteiger charge is -2.25. The van der Waals surface area contributed by atoms with Crippen LogP contribution in [0, 0.1) is 11.8 Å². The van der Waals surface area contributed by atoms with Crippen molar-refractivity contribution in [3.05, 3.63) is 47.5 Å². The fourth-order valence-corrected chi connectivity index (χ4v) is 4.77. The molecule has 1 aromatic rings. The summed E-state index contributed by atoms with van der Waals surface area (Å²) in [5.74, 6) is 1.21. The van der Waals surface area contributed by atoms with E-state index < -0.39 is 5.41 Å². The molecule has 0 N–H and O–H groups in total. The largest absolute Gasteiger partial charge is 0.469 e. The zero-order chi connectivity index (χ0) is 20.7. The highest BCUT2D eigenvalue weighted by molar-refractivity contribution is 6.21. The van der Waals surface area contributed by atoms with E-state index in [2.05, 4.69) is 48.1 Å². The molecule has 1 aliphatic carbocycles. The lowest BCUT2D eigenvalue weighted by Crippen LogP contribution is -2.19. The van der Waals surface area contributed by atoms with Crippen molar-refractivity contribution in [2.45, 2.75) is 69.6 Å². The molecule has 1 aliphatic rings. The van der Waals surface area contributed by atoms with Crippen molar-refractivity contribution in [3.63, 3.8) is 0 Å². The van der Waals surface area contributed by atoms with Crippen molar-refractivity contribution in [1.82, 2.24) is 0 Å². The lowest BCUT2D eigenvalue weighted by atomic mass is 9.80. The second-order valence-corrected chi connectivity index (χ2v) is 9.12. The van der Waals surface area contributed by atoms with E-state index in [-0.39, 0.29) is 11.3 Å². The molecule has 0 aromatic heterocycles. The summed E-state index contributed by atoms with van der Waals surface area (Å²) in [6.45, 7) is 6.16. The molecule has 154 valence electrons. The van der Waals surface area contributed by atoms with Gasteiger partial charge >= 0.3 is 5.97 Å². The Morgan fingerprint density at radius 2 is 1.93 bits per heavy atom. The summed E-state index contributed by atoms with van der Waals surface area (Å²) < 4.78 is 4.66. The van der Waals surface area contributed by atoms with Crippen molar-refractivity contribution in [2.75, 3.05) is 7.11 Å². The Labute approximate surface area is 174 Å². The molecule has 2 rings (SSSR count). The first kappa shape index (κ1) is 22.7. The predicted molar refractivity (Wildman–Crippen MR) is 115 cm³/mol. The van der Waals surface area contributed by atoms with Gasteiger partial charge in [0.05, 0.1) is 7.11 Å². The molecule has 28 heavy (non-hydrogen) atoms. The van der Waals surface area contributed by atoms with E-state index in [0.717, 1.165) is 37.5 Å². The number of carbonyl (C=O) groups excluding carboxylic acids is 2. The summed E-state index contributed by atoms with van der Waals surface area (Å²) in [5, 5.41) is 0.172. The van der Waals surface area contributed by atoms with Crippen molar-refractivity contribution >= 4 is 23.9 Å². The molecule has 4 heteroatoms. The zero-order valence-electron chi connectivity index (χ0n) is 17.5. The SMILES string of the molecule is COC(=O)CCC/C=C\C[C@@H]1C(c2ccc(C(C)(C)C=O)cc2)[C@H](C)C[C@H]1Cl. The maximum Gasteiger partial charge on any atom is 0.305 e. The number of hydrogen-bond donors (Lipinski definition) is 0. The van der Waals surface area contributed by atoms with Gasteiger partial charge in [-0.1, -0.05) is 43.3 Å². The fraction of sp³-hybridized carbons (Fsp3) is 0.583. The van der Waals surface area contributed by atoms with Crippen molar-refractivity contribution in [2.24, 2.45) is 11.8 Å². The minimum atomic E-state index is -0.457. The Morgan fingerprint density at radius 3 is 2.54 bits per heavy atom. The second-order valence-electron chi connectivity index (χ2n) is 8.56. The van der Waals surface area contributed by atoms with E-state index in [4.69, 9.17) is 11.6 Å². The molecular formula is C24H33ClO3. The van der Waals surface area contributed by atoms with Crippen LogP contribution in [0.25, 0.3) is 0 Å². The number of carbonyl (C=O) groups is 2. The molecule has 1 aromatic carbocycles. The Morgan fingerprint density at radius 1 is 1.25 bits per heavy atom. The first-order valence-corrected chi connectivity index (χ1v) is 10.7. The molecule has 1 unspecified atom stereocenters. The van der Waals surface area contributed by atoms with Crippen LogP contribution in [0.4, 0.5) is 0 Å². The quantitative estimate of drug-likeness (QED) is 0.172. The Kier molecular flexibility index (Phi) is 8.30. The normalized spacial score (nSPS) is 25.2. The summed E-state index contributed by atoms with van der Waals surface area (Å²) >= 11 is 6.70. The number of benzene rings is 1.